The van der Waals surface area contributed by atoms with Crippen molar-refractivity contribution in [2.75, 3.05) is 13.7 Å². The average Bonchev–Trinajstić information content (AvgIpc) is 2.35. The van der Waals surface area contributed by atoms with Gasteiger partial charge in [-0.3, -0.25) is 0 Å². The molecule has 0 saturated heterocycles. The first-order valence-electron chi connectivity index (χ1n) is 4.29. The van der Waals surface area contributed by atoms with Gasteiger partial charge in [0.25, 0.3) is 0 Å². The van der Waals surface area contributed by atoms with Gasteiger partial charge in [0.2, 0.25) is 0 Å². The maximum Gasteiger partial charge on any atom is 0.110 e. The van der Waals surface area contributed by atoms with Crippen molar-refractivity contribution < 1.29 is 4.74 Å². The van der Waals surface area contributed by atoms with Crippen LogP contribution in [-0.4, -0.2) is 28.8 Å². The van der Waals surface area contributed by atoms with E-state index < -0.39 is 0 Å². The summed E-state index contributed by atoms with van der Waals surface area (Å²) < 4.78 is 7.01. The summed E-state index contributed by atoms with van der Waals surface area (Å²) in [6.07, 6.45) is 4.42. The lowest BCUT2D eigenvalue weighted by Crippen LogP contribution is -2.43. The number of nitrogens with zero attached hydrogens (tertiary/aromatic N) is 2. The van der Waals surface area contributed by atoms with Crippen molar-refractivity contribution in [2.45, 2.75) is 18.9 Å². The lowest BCUT2D eigenvalue weighted by molar-refractivity contribution is 0.139. The molecule has 0 aliphatic heterocycles. The predicted octanol–water partition coefficient (Wildman–Crippen LogP) is 0.326. The molecule has 2 N–H and O–H groups in total. The van der Waals surface area contributed by atoms with Crippen LogP contribution in [0.25, 0.3) is 0 Å². The minimum Gasteiger partial charge on any atom is -0.383 e. The van der Waals surface area contributed by atoms with E-state index in [1.807, 2.05) is 24.7 Å². The SMILES string of the molecule is COCC(C)(N)Cc1nccn1C. The van der Waals surface area contributed by atoms with Crippen LogP contribution in [0.1, 0.15) is 12.7 Å². The second-order valence-electron chi connectivity index (χ2n) is 3.72. The summed E-state index contributed by atoms with van der Waals surface area (Å²) in [5, 5.41) is 0. The summed E-state index contributed by atoms with van der Waals surface area (Å²) in [6, 6.07) is 0. The molecular weight excluding hydrogens is 166 g/mol. The number of rotatable bonds is 4. The Morgan fingerprint density at radius 1 is 1.69 bits per heavy atom. The minimum absolute atomic E-state index is 0.339. The van der Waals surface area contributed by atoms with Crippen molar-refractivity contribution in [3.63, 3.8) is 0 Å². The van der Waals surface area contributed by atoms with E-state index in [2.05, 4.69) is 4.98 Å². The van der Waals surface area contributed by atoms with Crippen molar-refractivity contribution in [1.82, 2.24) is 9.55 Å². The lowest BCUT2D eigenvalue weighted by Gasteiger charge is -2.22. The Morgan fingerprint density at radius 2 is 2.38 bits per heavy atom. The molecule has 1 rings (SSSR count). The molecule has 0 amide bonds. The maximum absolute atomic E-state index is 6.01. The Kier molecular flexibility index (Phi) is 3.06. The smallest absolute Gasteiger partial charge is 0.110 e. The van der Waals surface area contributed by atoms with E-state index in [1.165, 1.54) is 0 Å². The Labute approximate surface area is 78.7 Å². The third-order valence-electron chi connectivity index (χ3n) is 1.96. The molecule has 74 valence electrons. The molecule has 13 heavy (non-hydrogen) atoms. The van der Waals surface area contributed by atoms with Crippen LogP contribution in [0.4, 0.5) is 0 Å². The highest BCUT2D eigenvalue weighted by atomic mass is 16.5. The third-order valence-corrected chi connectivity index (χ3v) is 1.96. The van der Waals surface area contributed by atoms with Crippen molar-refractivity contribution in [3.8, 4) is 0 Å². The van der Waals surface area contributed by atoms with Crippen molar-refractivity contribution >= 4 is 0 Å². The first-order valence-corrected chi connectivity index (χ1v) is 4.29. The first-order chi connectivity index (χ1) is 6.05. The van der Waals surface area contributed by atoms with Gasteiger partial charge in [-0.2, -0.15) is 0 Å². The number of ether oxygens (including phenoxy) is 1. The molecule has 0 radical (unpaired) electrons. The van der Waals surface area contributed by atoms with Crippen molar-refractivity contribution in [2.24, 2.45) is 12.8 Å². The third kappa shape index (κ3) is 2.82. The number of nitrogens with two attached hydrogens (primary N) is 1. The number of imidazole rings is 1. The predicted molar refractivity (Wildman–Crippen MR) is 51.4 cm³/mol. The Morgan fingerprint density at radius 3 is 2.85 bits per heavy atom. The van der Waals surface area contributed by atoms with Crippen molar-refractivity contribution in [1.29, 1.82) is 0 Å². The van der Waals surface area contributed by atoms with Crippen LogP contribution in [-0.2, 0) is 18.2 Å². The maximum atomic E-state index is 6.01. The zero-order chi connectivity index (χ0) is 9.90. The Balaban J connectivity index is 2.63. The quantitative estimate of drug-likeness (QED) is 0.731. The largest absolute Gasteiger partial charge is 0.383 e. The molecule has 0 aromatic carbocycles. The van der Waals surface area contributed by atoms with Crippen LogP contribution in [0.3, 0.4) is 0 Å². The number of hydrogen-bond donors (Lipinski definition) is 1. The molecule has 1 unspecified atom stereocenters. The Hall–Kier alpha value is -0.870. The molecule has 0 bridgehead atoms. The van der Waals surface area contributed by atoms with E-state index in [1.54, 1.807) is 13.3 Å². The second kappa shape index (κ2) is 3.89. The number of aromatic nitrogens is 2. The van der Waals surface area contributed by atoms with Crippen LogP contribution in [0.2, 0.25) is 0 Å². The van der Waals surface area contributed by atoms with Crippen LogP contribution >= 0.6 is 0 Å². The van der Waals surface area contributed by atoms with E-state index in [0.29, 0.717) is 6.61 Å². The van der Waals surface area contributed by atoms with Gasteiger partial charge in [0.1, 0.15) is 5.82 Å². The fourth-order valence-corrected chi connectivity index (χ4v) is 1.31. The zero-order valence-corrected chi connectivity index (χ0v) is 8.45. The molecule has 4 nitrogen and oxygen atoms in total. The monoisotopic (exact) mass is 183 g/mol. The van der Waals surface area contributed by atoms with Crippen LogP contribution in [0.15, 0.2) is 12.4 Å². The molecule has 4 heteroatoms. The van der Waals surface area contributed by atoms with Gasteiger partial charge in [-0.1, -0.05) is 0 Å². The fourth-order valence-electron chi connectivity index (χ4n) is 1.31. The van der Waals surface area contributed by atoms with Crippen LogP contribution in [0.5, 0.6) is 0 Å². The fraction of sp³-hybridized carbons (Fsp3) is 0.667. The molecule has 0 aliphatic carbocycles. The average molecular weight is 183 g/mol. The molecule has 1 aromatic rings. The van der Waals surface area contributed by atoms with Gasteiger partial charge in [-0.25, -0.2) is 4.98 Å². The van der Waals surface area contributed by atoms with E-state index >= 15 is 0 Å². The lowest BCUT2D eigenvalue weighted by atomic mass is 10.0. The summed E-state index contributed by atoms with van der Waals surface area (Å²) in [6.45, 7) is 2.50. The highest BCUT2D eigenvalue weighted by Crippen LogP contribution is 2.08. The van der Waals surface area contributed by atoms with Gasteiger partial charge in [-0.05, 0) is 6.92 Å². The summed E-state index contributed by atoms with van der Waals surface area (Å²) in [4.78, 5) is 4.21. The van der Waals surface area contributed by atoms with E-state index in [9.17, 15) is 0 Å². The van der Waals surface area contributed by atoms with E-state index in [-0.39, 0.29) is 5.54 Å². The summed E-state index contributed by atoms with van der Waals surface area (Å²) in [7, 11) is 3.62. The molecule has 0 spiro atoms. The second-order valence-corrected chi connectivity index (χ2v) is 3.72. The van der Waals surface area contributed by atoms with Gasteiger partial charge in [0.05, 0.1) is 6.61 Å². The van der Waals surface area contributed by atoms with Crippen LogP contribution < -0.4 is 5.73 Å². The molecule has 1 atom stereocenters. The summed E-state index contributed by atoms with van der Waals surface area (Å²) in [5.74, 6) is 0.988. The van der Waals surface area contributed by atoms with Gasteiger partial charge in [0.15, 0.2) is 0 Å². The molecule has 0 saturated carbocycles. The molecule has 1 heterocycles. The highest BCUT2D eigenvalue weighted by Gasteiger charge is 2.20. The van der Waals surface area contributed by atoms with E-state index in [0.717, 1.165) is 12.2 Å². The molecule has 0 fully saturated rings. The van der Waals surface area contributed by atoms with E-state index in [4.69, 9.17) is 10.5 Å². The topological polar surface area (TPSA) is 53.1 Å². The summed E-state index contributed by atoms with van der Waals surface area (Å²) >= 11 is 0. The van der Waals surface area contributed by atoms with Crippen molar-refractivity contribution in [3.05, 3.63) is 18.2 Å². The highest BCUT2D eigenvalue weighted by molar-refractivity contribution is 4.98. The number of aryl methyl sites for hydroxylation is 1. The standard InChI is InChI=1S/C9H17N3O/c1-9(10,7-13-3)6-8-11-4-5-12(8)2/h4-5H,6-7,10H2,1-3H3. The molecule has 1 aromatic heterocycles. The Bertz CT molecular complexity index is 268. The molecule has 0 aliphatic rings. The molecular formula is C9H17N3O. The first kappa shape index (κ1) is 10.2. The minimum atomic E-state index is -0.339. The summed E-state index contributed by atoms with van der Waals surface area (Å²) in [5.41, 5.74) is 5.67. The van der Waals surface area contributed by atoms with Gasteiger partial charge in [0, 0.05) is 38.5 Å². The number of methoxy groups -OCH3 is 1. The van der Waals surface area contributed by atoms with Gasteiger partial charge < -0.3 is 15.0 Å². The normalized spacial score (nSPS) is 15.7. The zero-order valence-electron chi connectivity index (χ0n) is 8.45. The number of hydrogen-bond acceptors (Lipinski definition) is 3. The van der Waals surface area contributed by atoms with Gasteiger partial charge in [-0.15, -0.1) is 0 Å². The van der Waals surface area contributed by atoms with Gasteiger partial charge >= 0.3 is 0 Å². The van der Waals surface area contributed by atoms with Crippen LogP contribution in [0, 0.1) is 0 Å².